The van der Waals surface area contributed by atoms with E-state index in [-0.39, 0.29) is 0 Å². The lowest BCUT2D eigenvalue weighted by atomic mass is 10.2. The Hall–Kier alpha value is -1.51. The van der Waals surface area contributed by atoms with Gasteiger partial charge in [-0.05, 0) is 37.8 Å². The average molecular weight is 202 g/mol. The average Bonchev–Trinajstić information content (AvgIpc) is 2.99. The van der Waals surface area contributed by atoms with Crippen molar-refractivity contribution in [3.8, 4) is 0 Å². The first kappa shape index (κ1) is 8.77. The third-order valence-corrected chi connectivity index (χ3v) is 2.97. The molecule has 1 aliphatic carbocycles. The predicted octanol–water partition coefficient (Wildman–Crippen LogP) is 3.04. The maximum Gasteiger partial charge on any atom is 0.295 e. The van der Waals surface area contributed by atoms with Crippen molar-refractivity contribution < 1.29 is 4.42 Å². The molecule has 3 heteroatoms. The quantitative estimate of drug-likeness (QED) is 0.831. The summed E-state index contributed by atoms with van der Waals surface area (Å²) in [5.74, 6) is 0.806. The number of fused-ring (bicyclic) bond motifs is 1. The van der Waals surface area contributed by atoms with E-state index in [0.29, 0.717) is 12.1 Å². The van der Waals surface area contributed by atoms with Gasteiger partial charge in [-0.3, -0.25) is 0 Å². The van der Waals surface area contributed by atoms with Crippen molar-refractivity contribution in [1.82, 2.24) is 4.98 Å². The lowest BCUT2D eigenvalue weighted by molar-refractivity contribution is 0.584. The van der Waals surface area contributed by atoms with E-state index in [9.17, 15) is 0 Å². The zero-order valence-corrected chi connectivity index (χ0v) is 8.73. The van der Waals surface area contributed by atoms with Gasteiger partial charge in [0.25, 0.3) is 6.01 Å². The second-order valence-corrected chi connectivity index (χ2v) is 4.26. The minimum Gasteiger partial charge on any atom is -0.424 e. The van der Waals surface area contributed by atoms with Gasteiger partial charge in [0.2, 0.25) is 0 Å². The van der Waals surface area contributed by atoms with E-state index in [4.69, 9.17) is 4.42 Å². The number of anilines is 1. The molecule has 1 saturated carbocycles. The number of hydrogen-bond acceptors (Lipinski definition) is 3. The van der Waals surface area contributed by atoms with Crippen LogP contribution in [0.25, 0.3) is 11.1 Å². The fraction of sp³-hybridized carbons (Fsp3) is 0.417. The van der Waals surface area contributed by atoms with Crippen molar-refractivity contribution in [2.24, 2.45) is 5.92 Å². The number of rotatable bonds is 3. The first-order valence-electron chi connectivity index (χ1n) is 5.45. The number of aromatic nitrogens is 1. The molecule has 1 aromatic carbocycles. The minimum absolute atomic E-state index is 0.470. The summed E-state index contributed by atoms with van der Waals surface area (Å²) in [4.78, 5) is 4.39. The van der Waals surface area contributed by atoms with Gasteiger partial charge in [-0.15, -0.1) is 0 Å². The van der Waals surface area contributed by atoms with Gasteiger partial charge < -0.3 is 9.73 Å². The standard InChI is InChI=1S/C12H14N2O/c1-8(9-6-7-9)13-12-14-10-4-2-3-5-11(10)15-12/h2-5,8-9H,6-7H2,1H3,(H,13,14). The molecule has 1 heterocycles. The molecule has 2 aromatic rings. The second-order valence-electron chi connectivity index (χ2n) is 4.26. The molecule has 1 unspecified atom stereocenters. The molecule has 3 rings (SSSR count). The van der Waals surface area contributed by atoms with E-state index >= 15 is 0 Å². The summed E-state index contributed by atoms with van der Waals surface area (Å²) in [6.07, 6.45) is 2.66. The van der Waals surface area contributed by atoms with Crippen LogP contribution in [0, 0.1) is 5.92 Å². The monoisotopic (exact) mass is 202 g/mol. The van der Waals surface area contributed by atoms with E-state index in [2.05, 4.69) is 17.2 Å². The Morgan fingerprint density at radius 2 is 2.20 bits per heavy atom. The normalized spacial score (nSPS) is 17.9. The Kier molecular flexibility index (Phi) is 1.91. The van der Waals surface area contributed by atoms with Crippen molar-refractivity contribution in [2.75, 3.05) is 5.32 Å². The summed E-state index contributed by atoms with van der Waals surface area (Å²) < 4.78 is 5.59. The van der Waals surface area contributed by atoms with Crippen LogP contribution in [-0.2, 0) is 0 Å². The van der Waals surface area contributed by atoms with Crippen molar-refractivity contribution in [3.63, 3.8) is 0 Å². The zero-order valence-electron chi connectivity index (χ0n) is 8.73. The van der Waals surface area contributed by atoms with Crippen molar-refractivity contribution in [3.05, 3.63) is 24.3 Å². The van der Waals surface area contributed by atoms with E-state index < -0.39 is 0 Å². The van der Waals surface area contributed by atoms with Crippen LogP contribution in [0.3, 0.4) is 0 Å². The number of nitrogens with one attached hydrogen (secondary N) is 1. The molecule has 1 N–H and O–H groups in total. The lowest BCUT2D eigenvalue weighted by Gasteiger charge is -2.09. The molecule has 1 aliphatic rings. The summed E-state index contributed by atoms with van der Waals surface area (Å²) in [5, 5.41) is 3.32. The highest BCUT2D eigenvalue weighted by molar-refractivity contribution is 5.74. The number of oxazole rings is 1. The molecule has 0 bridgehead atoms. The highest BCUT2D eigenvalue weighted by Crippen LogP contribution is 2.34. The molecular formula is C12H14N2O. The van der Waals surface area contributed by atoms with Crippen LogP contribution in [0.2, 0.25) is 0 Å². The molecule has 0 saturated heterocycles. The highest BCUT2D eigenvalue weighted by atomic mass is 16.4. The number of hydrogen-bond donors (Lipinski definition) is 1. The summed E-state index contributed by atoms with van der Waals surface area (Å²) in [6.45, 7) is 2.19. The predicted molar refractivity (Wildman–Crippen MR) is 59.8 cm³/mol. The summed E-state index contributed by atoms with van der Waals surface area (Å²) in [6, 6.07) is 8.95. The second kappa shape index (κ2) is 3.26. The van der Waals surface area contributed by atoms with Gasteiger partial charge in [0.05, 0.1) is 0 Å². The minimum atomic E-state index is 0.470. The number of benzene rings is 1. The molecule has 0 aliphatic heterocycles. The van der Waals surface area contributed by atoms with Crippen LogP contribution in [-0.4, -0.2) is 11.0 Å². The van der Waals surface area contributed by atoms with Gasteiger partial charge in [-0.2, -0.15) is 4.98 Å². The fourth-order valence-corrected chi connectivity index (χ4v) is 1.84. The lowest BCUT2D eigenvalue weighted by Crippen LogP contribution is -2.17. The van der Waals surface area contributed by atoms with E-state index in [1.807, 2.05) is 24.3 Å². The smallest absolute Gasteiger partial charge is 0.295 e. The SMILES string of the molecule is CC(Nc1nc2ccccc2o1)C1CC1. The van der Waals surface area contributed by atoms with Crippen LogP contribution in [0.5, 0.6) is 0 Å². The Morgan fingerprint density at radius 1 is 1.40 bits per heavy atom. The molecule has 0 radical (unpaired) electrons. The van der Waals surface area contributed by atoms with Gasteiger partial charge in [-0.25, -0.2) is 0 Å². The molecule has 1 fully saturated rings. The Balaban J connectivity index is 1.84. The molecule has 15 heavy (non-hydrogen) atoms. The topological polar surface area (TPSA) is 38.1 Å². The number of nitrogens with zero attached hydrogens (tertiary/aromatic N) is 1. The Bertz CT molecular complexity index is 440. The van der Waals surface area contributed by atoms with Crippen LogP contribution >= 0.6 is 0 Å². The summed E-state index contributed by atoms with van der Waals surface area (Å²) in [7, 11) is 0. The Morgan fingerprint density at radius 3 is 2.93 bits per heavy atom. The van der Waals surface area contributed by atoms with E-state index in [1.54, 1.807) is 0 Å². The molecule has 1 atom stereocenters. The van der Waals surface area contributed by atoms with Crippen molar-refractivity contribution >= 4 is 17.1 Å². The molecule has 3 nitrogen and oxygen atoms in total. The first-order valence-corrected chi connectivity index (χ1v) is 5.45. The molecule has 0 spiro atoms. The van der Waals surface area contributed by atoms with Crippen molar-refractivity contribution in [1.29, 1.82) is 0 Å². The van der Waals surface area contributed by atoms with Crippen LogP contribution in [0.15, 0.2) is 28.7 Å². The van der Waals surface area contributed by atoms with Gasteiger partial charge >= 0.3 is 0 Å². The third-order valence-electron chi connectivity index (χ3n) is 2.97. The summed E-state index contributed by atoms with van der Waals surface area (Å²) in [5.41, 5.74) is 1.77. The molecule has 0 amide bonds. The number of para-hydroxylation sites is 2. The highest BCUT2D eigenvalue weighted by Gasteiger charge is 2.28. The maximum atomic E-state index is 5.59. The largest absolute Gasteiger partial charge is 0.424 e. The summed E-state index contributed by atoms with van der Waals surface area (Å²) >= 11 is 0. The third kappa shape index (κ3) is 1.69. The molecule has 1 aromatic heterocycles. The van der Waals surface area contributed by atoms with Gasteiger partial charge in [-0.1, -0.05) is 12.1 Å². The molecular weight excluding hydrogens is 188 g/mol. The first-order chi connectivity index (χ1) is 7.33. The fourth-order valence-electron chi connectivity index (χ4n) is 1.84. The van der Waals surface area contributed by atoms with Crippen LogP contribution in [0.1, 0.15) is 19.8 Å². The van der Waals surface area contributed by atoms with Gasteiger partial charge in [0.1, 0.15) is 5.52 Å². The van der Waals surface area contributed by atoms with Crippen molar-refractivity contribution in [2.45, 2.75) is 25.8 Å². The van der Waals surface area contributed by atoms with Crippen LogP contribution in [0.4, 0.5) is 6.01 Å². The molecule has 78 valence electrons. The zero-order chi connectivity index (χ0) is 10.3. The van der Waals surface area contributed by atoms with Gasteiger partial charge in [0, 0.05) is 6.04 Å². The van der Waals surface area contributed by atoms with Crippen LogP contribution < -0.4 is 5.32 Å². The van der Waals surface area contributed by atoms with Gasteiger partial charge in [0.15, 0.2) is 5.58 Å². The maximum absolute atomic E-state index is 5.59. The Labute approximate surface area is 88.5 Å². The van der Waals surface area contributed by atoms with E-state index in [1.165, 1.54) is 12.8 Å². The van der Waals surface area contributed by atoms with E-state index in [0.717, 1.165) is 17.0 Å².